The Balaban J connectivity index is 1.79. The first-order valence-electron chi connectivity index (χ1n) is 6.10. The largest absolute Gasteiger partial charge is 0.416 e. The molecular weight excluding hydrogens is 243 g/mol. The molecule has 1 N–H and O–H groups in total. The van der Waals surface area contributed by atoms with E-state index >= 15 is 0 Å². The Morgan fingerprint density at radius 1 is 1.11 bits per heavy atom. The maximum Gasteiger partial charge on any atom is 0.416 e. The van der Waals surface area contributed by atoms with Crippen LogP contribution >= 0.6 is 0 Å². The molecule has 1 fully saturated rings. The molecule has 2 nitrogen and oxygen atoms in total. The highest BCUT2D eigenvalue weighted by atomic mass is 19.4. The summed E-state index contributed by atoms with van der Waals surface area (Å²) in [6.07, 6.45) is 0.463. The number of rotatable bonds is 4. The summed E-state index contributed by atoms with van der Waals surface area (Å²) in [6.45, 7) is 0.425. The van der Waals surface area contributed by atoms with Crippen LogP contribution in [-0.4, -0.2) is 6.10 Å². The van der Waals surface area contributed by atoms with Crippen molar-refractivity contribution in [1.29, 1.82) is 0 Å². The Bertz CT molecular complexity index is 369. The van der Waals surface area contributed by atoms with Crippen molar-refractivity contribution in [3.63, 3.8) is 0 Å². The first kappa shape index (κ1) is 13.4. The van der Waals surface area contributed by atoms with Gasteiger partial charge in [-0.25, -0.2) is 0 Å². The van der Waals surface area contributed by atoms with E-state index in [1.807, 2.05) is 0 Å². The van der Waals surface area contributed by atoms with E-state index in [0.29, 0.717) is 6.54 Å². The molecular formula is C13H16F3NO. The van der Waals surface area contributed by atoms with Gasteiger partial charge in [-0.3, -0.25) is 4.84 Å². The second kappa shape index (κ2) is 5.71. The number of hydrogen-bond donors (Lipinski definition) is 1. The van der Waals surface area contributed by atoms with Crippen molar-refractivity contribution in [2.45, 2.75) is 44.5 Å². The average Bonchev–Trinajstić information content (AvgIpc) is 2.82. The van der Waals surface area contributed by atoms with Crippen molar-refractivity contribution < 1.29 is 18.0 Å². The lowest BCUT2D eigenvalue weighted by molar-refractivity contribution is -0.137. The Labute approximate surface area is 104 Å². The lowest BCUT2D eigenvalue weighted by Gasteiger charge is -2.12. The Morgan fingerprint density at radius 2 is 1.72 bits per heavy atom. The normalized spacial score (nSPS) is 17.3. The van der Waals surface area contributed by atoms with Crippen LogP contribution in [0.1, 0.15) is 36.8 Å². The van der Waals surface area contributed by atoms with Crippen molar-refractivity contribution in [1.82, 2.24) is 5.48 Å². The molecule has 0 heterocycles. The lowest BCUT2D eigenvalue weighted by atomic mass is 10.1. The summed E-state index contributed by atoms with van der Waals surface area (Å²) in [7, 11) is 0. The lowest BCUT2D eigenvalue weighted by Crippen LogP contribution is -2.21. The maximum absolute atomic E-state index is 12.3. The van der Waals surface area contributed by atoms with Crippen molar-refractivity contribution in [2.24, 2.45) is 0 Å². The summed E-state index contributed by atoms with van der Waals surface area (Å²) in [6, 6.07) is 5.11. The predicted molar refractivity (Wildman–Crippen MR) is 61.6 cm³/mol. The van der Waals surface area contributed by atoms with E-state index in [4.69, 9.17) is 4.84 Å². The molecule has 18 heavy (non-hydrogen) atoms. The molecule has 0 aliphatic heterocycles. The van der Waals surface area contributed by atoms with Gasteiger partial charge in [0.1, 0.15) is 0 Å². The van der Waals surface area contributed by atoms with E-state index in [0.717, 1.165) is 30.5 Å². The van der Waals surface area contributed by atoms with Gasteiger partial charge in [-0.15, -0.1) is 0 Å². The smallest absolute Gasteiger partial charge is 0.298 e. The summed E-state index contributed by atoms with van der Waals surface area (Å²) in [5.74, 6) is 0. The second-order valence-electron chi connectivity index (χ2n) is 4.54. The molecule has 1 saturated carbocycles. The third-order valence-electron chi connectivity index (χ3n) is 3.11. The van der Waals surface area contributed by atoms with Gasteiger partial charge in [0.15, 0.2) is 0 Å². The van der Waals surface area contributed by atoms with Gasteiger partial charge in [-0.1, -0.05) is 25.0 Å². The van der Waals surface area contributed by atoms with Gasteiger partial charge in [-0.2, -0.15) is 18.7 Å². The van der Waals surface area contributed by atoms with Crippen LogP contribution < -0.4 is 5.48 Å². The number of hydroxylamine groups is 1. The van der Waals surface area contributed by atoms with Gasteiger partial charge in [0.25, 0.3) is 0 Å². The van der Waals surface area contributed by atoms with E-state index in [9.17, 15) is 13.2 Å². The van der Waals surface area contributed by atoms with Gasteiger partial charge in [-0.05, 0) is 30.5 Å². The van der Waals surface area contributed by atoms with Crippen LogP contribution in [0.5, 0.6) is 0 Å². The molecule has 1 aliphatic carbocycles. The topological polar surface area (TPSA) is 21.3 Å². The molecule has 1 aliphatic rings. The molecule has 0 unspecified atom stereocenters. The summed E-state index contributed by atoms with van der Waals surface area (Å²) in [5, 5.41) is 0. The fourth-order valence-corrected chi connectivity index (χ4v) is 2.06. The number of halogens is 3. The Kier molecular flexibility index (Phi) is 4.24. The standard InChI is InChI=1S/C13H16F3NO/c14-13(15,16)11-7-5-10(6-8-11)9-17-18-12-3-1-2-4-12/h5-8,12,17H,1-4,9H2. The molecule has 5 heteroatoms. The van der Waals surface area contributed by atoms with Crippen LogP contribution in [0.4, 0.5) is 13.2 Å². The third-order valence-corrected chi connectivity index (χ3v) is 3.11. The molecule has 0 amide bonds. The minimum atomic E-state index is -4.27. The number of nitrogens with one attached hydrogen (secondary N) is 1. The van der Waals surface area contributed by atoms with Gasteiger partial charge >= 0.3 is 6.18 Å². The van der Waals surface area contributed by atoms with Crippen LogP contribution in [0.2, 0.25) is 0 Å². The summed E-state index contributed by atoms with van der Waals surface area (Å²) in [5.41, 5.74) is 2.98. The van der Waals surface area contributed by atoms with Gasteiger partial charge < -0.3 is 0 Å². The first-order chi connectivity index (χ1) is 8.55. The van der Waals surface area contributed by atoms with Crippen molar-refractivity contribution >= 4 is 0 Å². The van der Waals surface area contributed by atoms with Crippen LogP contribution in [0, 0.1) is 0 Å². The molecule has 1 aromatic carbocycles. The molecule has 2 rings (SSSR count). The monoisotopic (exact) mass is 259 g/mol. The minimum Gasteiger partial charge on any atom is -0.298 e. The zero-order valence-electron chi connectivity index (χ0n) is 9.96. The molecule has 100 valence electrons. The van der Waals surface area contributed by atoms with Gasteiger partial charge in [0.05, 0.1) is 11.7 Å². The number of hydrogen-bond acceptors (Lipinski definition) is 2. The molecule has 0 saturated heterocycles. The molecule has 0 atom stereocenters. The molecule has 0 bridgehead atoms. The van der Waals surface area contributed by atoms with Crippen molar-refractivity contribution in [2.75, 3.05) is 0 Å². The van der Waals surface area contributed by atoms with Crippen LogP contribution in [0.15, 0.2) is 24.3 Å². The molecule has 0 aromatic heterocycles. The van der Waals surface area contributed by atoms with E-state index < -0.39 is 11.7 Å². The number of alkyl halides is 3. The fourth-order valence-electron chi connectivity index (χ4n) is 2.06. The Morgan fingerprint density at radius 3 is 2.28 bits per heavy atom. The SMILES string of the molecule is FC(F)(F)c1ccc(CNOC2CCCC2)cc1. The molecule has 0 spiro atoms. The van der Waals surface area contributed by atoms with E-state index in [1.165, 1.54) is 25.0 Å². The average molecular weight is 259 g/mol. The van der Waals surface area contributed by atoms with Gasteiger partial charge in [0.2, 0.25) is 0 Å². The summed E-state index contributed by atoms with van der Waals surface area (Å²) >= 11 is 0. The van der Waals surface area contributed by atoms with Gasteiger partial charge in [0, 0.05) is 6.54 Å². The maximum atomic E-state index is 12.3. The van der Waals surface area contributed by atoms with E-state index in [2.05, 4.69) is 5.48 Å². The Hall–Kier alpha value is -1.07. The summed E-state index contributed by atoms with van der Waals surface area (Å²) in [4.78, 5) is 5.43. The zero-order chi connectivity index (χ0) is 13.0. The zero-order valence-corrected chi connectivity index (χ0v) is 9.96. The molecule has 1 aromatic rings. The first-order valence-corrected chi connectivity index (χ1v) is 6.10. The van der Waals surface area contributed by atoms with E-state index in [1.54, 1.807) is 0 Å². The fraction of sp³-hybridized carbons (Fsp3) is 0.538. The highest BCUT2D eigenvalue weighted by Gasteiger charge is 2.29. The third kappa shape index (κ3) is 3.71. The predicted octanol–water partition coefficient (Wildman–Crippen LogP) is 3.67. The van der Waals surface area contributed by atoms with Crippen molar-refractivity contribution in [3.05, 3.63) is 35.4 Å². The minimum absolute atomic E-state index is 0.249. The van der Waals surface area contributed by atoms with E-state index in [-0.39, 0.29) is 6.10 Å². The van der Waals surface area contributed by atoms with Crippen LogP contribution in [0.3, 0.4) is 0 Å². The second-order valence-corrected chi connectivity index (χ2v) is 4.54. The summed E-state index contributed by atoms with van der Waals surface area (Å²) < 4.78 is 37.0. The van der Waals surface area contributed by atoms with Crippen LogP contribution in [0.25, 0.3) is 0 Å². The quantitative estimate of drug-likeness (QED) is 0.833. The van der Waals surface area contributed by atoms with Crippen molar-refractivity contribution in [3.8, 4) is 0 Å². The highest BCUT2D eigenvalue weighted by Crippen LogP contribution is 2.29. The highest BCUT2D eigenvalue weighted by molar-refractivity contribution is 5.24. The van der Waals surface area contributed by atoms with Crippen LogP contribution in [-0.2, 0) is 17.6 Å². The number of benzene rings is 1. The molecule has 0 radical (unpaired) electrons.